The first-order valence-corrected chi connectivity index (χ1v) is 11.2. The fourth-order valence-corrected chi connectivity index (χ4v) is 4.64. The third-order valence-corrected chi connectivity index (χ3v) is 6.12. The summed E-state index contributed by atoms with van der Waals surface area (Å²) >= 11 is 4.78. The zero-order valence-electron chi connectivity index (χ0n) is 17.4. The summed E-state index contributed by atoms with van der Waals surface area (Å²) in [7, 11) is 0. The van der Waals surface area contributed by atoms with Gasteiger partial charge in [-0.05, 0) is 55.8 Å². The lowest BCUT2D eigenvalue weighted by Gasteiger charge is -2.40. The number of aromatic nitrogens is 1. The molecule has 1 aromatic carbocycles. The highest BCUT2D eigenvalue weighted by molar-refractivity contribution is 9.11. The fourth-order valence-electron chi connectivity index (χ4n) is 3.18. The number of hydrogen-bond donors (Lipinski definition) is 2. The Hall–Kier alpha value is -2.33. The van der Waals surface area contributed by atoms with Crippen molar-refractivity contribution in [1.29, 1.82) is 0 Å². The molecule has 2 aromatic rings. The van der Waals surface area contributed by atoms with Crippen LogP contribution in [0.25, 0.3) is 0 Å². The van der Waals surface area contributed by atoms with Crippen molar-refractivity contribution < 1.29 is 14.3 Å². The average molecular weight is 496 g/mol. The van der Waals surface area contributed by atoms with Gasteiger partial charge in [-0.25, -0.2) is 9.78 Å². The number of piperazine rings is 1. The highest BCUT2D eigenvalue weighted by Crippen LogP contribution is 2.34. The smallest absolute Gasteiger partial charge is 0.410 e. The number of para-hydroxylation sites is 2. The normalized spacial score (nSPS) is 17.0. The summed E-state index contributed by atoms with van der Waals surface area (Å²) in [5.74, 6) is -0.327. The van der Waals surface area contributed by atoms with Crippen LogP contribution in [-0.4, -0.2) is 53.2 Å². The summed E-state index contributed by atoms with van der Waals surface area (Å²) in [6, 6.07) is 7.01. The van der Waals surface area contributed by atoms with Crippen LogP contribution < -0.4 is 16.0 Å². The number of anilines is 3. The molecule has 30 heavy (non-hydrogen) atoms. The van der Waals surface area contributed by atoms with Crippen LogP contribution in [0.15, 0.2) is 28.2 Å². The number of rotatable bonds is 3. The fraction of sp³-hybridized carbons (Fsp3) is 0.450. The van der Waals surface area contributed by atoms with Crippen molar-refractivity contribution in [3.63, 3.8) is 0 Å². The highest BCUT2D eigenvalue weighted by atomic mass is 79.9. The van der Waals surface area contributed by atoms with Gasteiger partial charge in [-0.3, -0.25) is 4.79 Å². The SMILES string of the molecule is C[C@@H]1CN(c2sc(Br)nc2C(=O)Nc2ccccc2N)CCN1C(=O)OC(C)(C)C. The third-order valence-electron chi connectivity index (χ3n) is 4.55. The Kier molecular flexibility index (Phi) is 6.56. The van der Waals surface area contributed by atoms with Gasteiger partial charge in [0.15, 0.2) is 9.61 Å². The lowest BCUT2D eigenvalue weighted by molar-refractivity contribution is 0.0159. The largest absolute Gasteiger partial charge is 0.444 e. The first-order chi connectivity index (χ1) is 14.0. The summed E-state index contributed by atoms with van der Waals surface area (Å²) in [5, 5.41) is 3.59. The Morgan fingerprint density at radius 2 is 2.00 bits per heavy atom. The summed E-state index contributed by atoms with van der Waals surface area (Å²) in [6.45, 7) is 9.17. The molecule has 2 heterocycles. The van der Waals surface area contributed by atoms with E-state index in [1.807, 2.05) is 27.7 Å². The molecule has 0 unspecified atom stereocenters. The predicted octanol–water partition coefficient (Wildman–Crippen LogP) is 4.19. The van der Waals surface area contributed by atoms with Crippen LogP contribution >= 0.6 is 27.3 Å². The van der Waals surface area contributed by atoms with Gasteiger partial charge in [0.2, 0.25) is 0 Å². The van der Waals surface area contributed by atoms with Crippen LogP contribution in [0.5, 0.6) is 0 Å². The van der Waals surface area contributed by atoms with Gasteiger partial charge >= 0.3 is 6.09 Å². The Balaban J connectivity index is 1.74. The summed E-state index contributed by atoms with van der Waals surface area (Å²) < 4.78 is 6.12. The molecule has 10 heteroatoms. The molecule has 0 radical (unpaired) electrons. The molecule has 1 aromatic heterocycles. The molecule has 2 amide bonds. The molecule has 0 aliphatic carbocycles. The third kappa shape index (κ3) is 5.23. The second kappa shape index (κ2) is 8.81. The second-order valence-corrected chi connectivity index (χ2v) is 10.4. The van der Waals surface area contributed by atoms with E-state index in [1.165, 1.54) is 11.3 Å². The zero-order valence-corrected chi connectivity index (χ0v) is 19.8. The van der Waals surface area contributed by atoms with Crippen LogP contribution in [0.3, 0.4) is 0 Å². The molecule has 1 fully saturated rings. The number of carbonyl (C=O) groups excluding carboxylic acids is 2. The van der Waals surface area contributed by atoms with Crippen LogP contribution in [0.2, 0.25) is 0 Å². The predicted molar refractivity (Wildman–Crippen MR) is 123 cm³/mol. The van der Waals surface area contributed by atoms with Crippen molar-refractivity contribution in [3.05, 3.63) is 33.9 Å². The number of hydrogen-bond acceptors (Lipinski definition) is 7. The minimum absolute atomic E-state index is 0.0739. The van der Waals surface area contributed by atoms with Crippen LogP contribution in [0.1, 0.15) is 38.2 Å². The van der Waals surface area contributed by atoms with E-state index in [1.54, 1.807) is 29.2 Å². The van der Waals surface area contributed by atoms with Gasteiger partial charge in [0.1, 0.15) is 10.6 Å². The monoisotopic (exact) mass is 495 g/mol. The maximum atomic E-state index is 12.9. The quantitative estimate of drug-likeness (QED) is 0.619. The van der Waals surface area contributed by atoms with E-state index < -0.39 is 5.60 Å². The number of nitrogens with two attached hydrogens (primary N) is 1. The molecule has 1 aliphatic rings. The minimum Gasteiger partial charge on any atom is -0.444 e. The van der Waals surface area contributed by atoms with E-state index in [9.17, 15) is 9.59 Å². The van der Waals surface area contributed by atoms with E-state index in [2.05, 4.69) is 31.1 Å². The molecule has 8 nitrogen and oxygen atoms in total. The maximum Gasteiger partial charge on any atom is 0.410 e. The van der Waals surface area contributed by atoms with Gasteiger partial charge in [-0.1, -0.05) is 23.5 Å². The van der Waals surface area contributed by atoms with Gasteiger partial charge in [0, 0.05) is 25.7 Å². The van der Waals surface area contributed by atoms with Gasteiger partial charge < -0.3 is 25.6 Å². The first kappa shape index (κ1) is 22.4. The summed E-state index contributed by atoms with van der Waals surface area (Å²) in [6.07, 6.45) is -0.322. The van der Waals surface area contributed by atoms with Crippen molar-refractivity contribution in [3.8, 4) is 0 Å². The van der Waals surface area contributed by atoms with Crippen molar-refractivity contribution in [2.45, 2.75) is 39.3 Å². The zero-order chi connectivity index (χ0) is 22.1. The van der Waals surface area contributed by atoms with Gasteiger partial charge in [-0.15, -0.1) is 0 Å². The molecular weight excluding hydrogens is 470 g/mol. The number of benzene rings is 1. The molecule has 162 valence electrons. The van der Waals surface area contributed by atoms with Crippen LogP contribution in [-0.2, 0) is 4.74 Å². The van der Waals surface area contributed by atoms with Gasteiger partial charge in [0.05, 0.1) is 11.4 Å². The van der Waals surface area contributed by atoms with E-state index in [-0.39, 0.29) is 18.0 Å². The molecule has 0 bridgehead atoms. The minimum atomic E-state index is -0.541. The van der Waals surface area contributed by atoms with Crippen molar-refractivity contribution in [1.82, 2.24) is 9.88 Å². The van der Waals surface area contributed by atoms with Crippen molar-refractivity contribution in [2.24, 2.45) is 0 Å². The molecule has 1 aliphatic heterocycles. The van der Waals surface area contributed by atoms with E-state index in [0.717, 1.165) is 5.00 Å². The van der Waals surface area contributed by atoms with Crippen LogP contribution in [0, 0.1) is 0 Å². The number of halogens is 1. The van der Waals surface area contributed by atoms with Gasteiger partial charge in [-0.2, -0.15) is 0 Å². The Morgan fingerprint density at radius 1 is 1.30 bits per heavy atom. The van der Waals surface area contributed by atoms with Gasteiger partial charge in [0.25, 0.3) is 5.91 Å². The topological polar surface area (TPSA) is 101 Å². The van der Waals surface area contributed by atoms with E-state index >= 15 is 0 Å². The molecule has 3 rings (SSSR count). The molecule has 0 spiro atoms. The lowest BCUT2D eigenvalue weighted by Crippen LogP contribution is -2.55. The Bertz CT molecular complexity index is 943. The highest BCUT2D eigenvalue weighted by Gasteiger charge is 2.33. The summed E-state index contributed by atoms with van der Waals surface area (Å²) in [5.41, 5.74) is 6.75. The van der Waals surface area contributed by atoms with E-state index in [0.29, 0.717) is 40.6 Å². The Labute approximate surface area is 188 Å². The molecule has 1 atom stereocenters. The van der Waals surface area contributed by atoms with Crippen molar-refractivity contribution >= 4 is 55.6 Å². The maximum absolute atomic E-state index is 12.9. The molecule has 1 saturated heterocycles. The summed E-state index contributed by atoms with van der Waals surface area (Å²) in [4.78, 5) is 33.6. The molecular formula is C20H26BrN5O3S. The second-order valence-electron chi connectivity index (χ2n) is 8.13. The first-order valence-electron chi connectivity index (χ1n) is 9.62. The number of nitrogens with zero attached hydrogens (tertiary/aromatic N) is 3. The number of carbonyl (C=O) groups is 2. The number of nitrogens with one attached hydrogen (secondary N) is 1. The van der Waals surface area contributed by atoms with Crippen LogP contribution in [0.4, 0.5) is 21.2 Å². The number of ether oxygens (including phenoxy) is 1. The lowest BCUT2D eigenvalue weighted by atomic mass is 10.2. The van der Waals surface area contributed by atoms with E-state index in [4.69, 9.17) is 10.5 Å². The Morgan fingerprint density at radius 3 is 2.63 bits per heavy atom. The number of nitrogen functional groups attached to an aromatic ring is 1. The van der Waals surface area contributed by atoms with Crippen molar-refractivity contribution in [2.75, 3.05) is 35.6 Å². The molecule has 0 saturated carbocycles. The molecule has 3 N–H and O–H groups in total. The average Bonchev–Trinajstić information content (AvgIpc) is 3.04. The number of amides is 2. The standard InChI is InChI=1S/C20H26BrN5O3S/c1-12-11-25(9-10-26(12)19(28)29-20(2,3)4)17-15(24-18(21)30-17)16(27)23-14-8-6-5-7-13(14)22/h5-8,12H,9-11,22H2,1-4H3,(H,23,27)/t12-/m1/s1. The number of thiazole rings is 1.